The monoisotopic (exact) mass is 260 g/mol. The first kappa shape index (κ1) is 13.2. The van der Waals surface area contributed by atoms with E-state index in [4.69, 9.17) is 0 Å². The summed E-state index contributed by atoms with van der Waals surface area (Å²) in [5, 5.41) is 6.82. The summed E-state index contributed by atoms with van der Waals surface area (Å²) in [7, 11) is 0. The smallest absolute Gasteiger partial charge is 0.0933 e. The maximum atomic E-state index is 4.69. The van der Waals surface area contributed by atoms with E-state index in [9.17, 15) is 0 Å². The van der Waals surface area contributed by atoms with E-state index in [1.54, 1.807) is 11.3 Å². The van der Waals surface area contributed by atoms with Gasteiger partial charge in [-0.25, -0.2) is 4.98 Å². The van der Waals surface area contributed by atoms with Crippen LogP contribution in [0.2, 0.25) is 0 Å². The first-order chi connectivity index (χ1) is 8.90. The molecular weight excluding hydrogens is 240 g/mol. The molecule has 0 fully saturated rings. The Labute approximate surface area is 113 Å². The third kappa shape index (κ3) is 3.93. The molecule has 2 nitrogen and oxygen atoms in total. The topological polar surface area (TPSA) is 24.9 Å². The summed E-state index contributed by atoms with van der Waals surface area (Å²) < 4.78 is 0. The molecule has 18 heavy (non-hydrogen) atoms. The van der Waals surface area contributed by atoms with Crippen LogP contribution in [-0.4, -0.2) is 18.1 Å². The standard InChI is InChI=1S/C15H20N2S/c1-2-10-16-11-6-9-15-17-14(12-18-15)13-7-4-3-5-8-13/h3-5,7-8,12,16H,2,6,9-11H2,1H3. The molecule has 0 saturated heterocycles. The molecule has 0 aliphatic carbocycles. The van der Waals surface area contributed by atoms with E-state index in [0.29, 0.717) is 0 Å². The molecule has 0 amide bonds. The van der Waals surface area contributed by atoms with Gasteiger partial charge in [-0.05, 0) is 25.9 Å². The molecule has 1 aromatic carbocycles. The van der Waals surface area contributed by atoms with E-state index < -0.39 is 0 Å². The van der Waals surface area contributed by atoms with Crippen LogP contribution < -0.4 is 5.32 Å². The summed E-state index contributed by atoms with van der Waals surface area (Å²) in [5.41, 5.74) is 2.32. The van der Waals surface area contributed by atoms with Gasteiger partial charge in [-0.2, -0.15) is 0 Å². The molecule has 0 spiro atoms. The summed E-state index contributed by atoms with van der Waals surface area (Å²) in [6.45, 7) is 4.40. The highest BCUT2D eigenvalue weighted by Crippen LogP contribution is 2.22. The Hall–Kier alpha value is -1.19. The van der Waals surface area contributed by atoms with Crippen LogP contribution >= 0.6 is 11.3 Å². The summed E-state index contributed by atoms with van der Waals surface area (Å²) in [6.07, 6.45) is 3.45. The van der Waals surface area contributed by atoms with Gasteiger partial charge in [-0.3, -0.25) is 0 Å². The van der Waals surface area contributed by atoms with Crippen LogP contribution in [0.15, 0.2) is 35.7 Å². The highest BCUT2D eigenvalue weighted by atomic mass is 32.1. The van der Waals surface area contributed by atoms with Gasteiger partial charge in [0.15, 0.2) is 0 Å². The highest BCUT2D eigenvalue weighted by molar-refractivity contribution is 7.09. The largest absolute Gasteiger partial charge is 0.317 e. The van der Waals surface area contributed by atoms with E-state index in [0.717, 1.165) is 25.2 Å². The first-order valence-corrected chi connectivity index (χ1v) is 7.48. The fourth-order valence-corrected chi connectivity index (χ4v) is 2.68. The highest BCUT2D eigenvalue weighted by Gasteiger charge is 2.03. The van der Waals surface area contributed by atoms with Crippen LogP contribution in [0.25, 0.3) is 11.3 Å². The van der Waals surface area contributed by atoms with Crippen molar-refractivity contribution in [3.8, 4) is 11.3 Å². The predicted octanol–water partition coefficient (Wildman–Crippen LogP) is 3.74. The minimum atomic E-state index is 1.08. The SMILES string of the molecule is CCCNCCCc1nc(-c2ccccc2)cs1. The Kier molecular flexibility index (Phi) is 5.36. The van der Waals surface area contributed by atoms with Crippen LogP contribution in [0.3, 0.4) is 0 Å². The van der Waals surface area contributed by atoms with E-state index >= 15 is 0 Å². The lowest BCUT2D eigenvalue weighted by molar-refractivity contribution is 0.639. The normalized spacial score (nSPS) is 10.7. The Morgan fingerprint density at radius 1 is 1.17 bits per heavy atom. The van der Waals surface area contributed by atoms with Gasteiger partial charge < -0.3 is 5.32 Å². The summed E-state index contributed by atoms with van der Waals surface area (Å²) in [6, 6.07) is 10.4. The lowest BCUT2D eigenvalue weighted by Crippen LogP contribution is -2.16. The van der Waals surface area contributed by atoms with E-state index in [2.05, 4.69) is 46.9 Å². The zero-order chi connectivity index (χ0) is 12.6. The molecule has 0 bridgehead atoms. The van der Waals surface area contributed by atoms with Gasteiger partial charge in [0.2, 0.25) is 0 Å². The van der Waals surface area contributed by atoms with Crippen molar-refractivity contribution in [2.24, 2.45) is 0 Å². The average molecular weight is 260 g/mol. The zero-order valence-corrected chi connectivity index (χ0v) is 11.7. The second-order valence-corrected chi connectivity index (χ2v) is 5.29. The van der Waals surface area contributed by atoms with Crippen molar-refractivity contribution in [1.29, 1.82) is 0 Å². The zero-order valence-electron chi connectivity index (χ0n) is 10.9. The second kappa shape index (κ2) is 7.29. The lowest BCUT2D eigenvalue weighted by atomic mass is 10.2. The molecule has 0 radical (unpaired) electrons. The molecule has 2 rings (SSSR count). The number of hydrogen-bond donors (Lipinski definition) is 1. The van der Waals surface area contributed by atoms with Crippen LogP contribution in [0.5, 0.6) is 0 Å². The van der Waals surface area contributed by atoms with Crippen LogP contribution in [0, 0.1) is 0 Å². The molecule has 0 aliphatic heterocycles. The summed E-state index contributed by atoms with van der Waals surface area (Å²) in [4.78, 5) is 4.69. The van der Waals surface area contributed by atoms with Crippen LogP contribution in [-0.2, 0) is 6.42 Å². The first-order valence-electron chi connectivity index (χ1n) is 6.60. The molecule has 1 heterocycles. The average Bonchev–Trinajstić information content (AvgIpc) is 2.88. The molecule has 96 valence electrons. The van der Waals surface area contributed by atoms with Crippen molar-refractivity contribution >= 4 is 11.3 Å². The van der Waals surface area contributed by atoms with Gasteiger partial charge in [0.1, 0.15) is 0 Å². The molecule has 0 unspecified atom stereocenters. The third-order valence-electron chi connectivity index (χ3n) is 2.79. The Bertz CT molecular complexity index is 451. The van der Waals surface area contributed by atoms with Crippen molar-refractivity contribution in [2.75, 3.05) is 13.1 Å². The molecule has 0 atom stereocenters. The molecular formula is C15H20N2S. The number of hydrogen-bond acceptors (Lipinski definition) is 3. The van der Waals surface area contributed by atoms with Crippen molar-refractivity contribution in [3.63, 3.8) is 0 Å². The number of aromatic nitrogens is 1. The van der Waals surface area contributed by atoms with Crippen molar-refractivity contribution in [1.82, 2.24) is 10.3 Å². The summed E-state index contributed by atoms with van der Waals surface area (Å²) >= 11 is 1.77. The molecule has 1 N–H and O–H groups in total. The predicted molar refractivity (Wildman–Crippen MR) is 79.0 cm³/mol. The number of nitrogens with one attached hydrogen (secondary N) is 1. The molecule has 0 saturated carbocycles. The summed E-state index contributed by atoms with van der Waals surface area (Å²) in [5.74, 6) is 0. The fraction of sp³-hybridized carbons (Fsp3) is 0.400. The van der Waals surface area contributed by atoms with Crippen molar-refractivity contribution < 1.29 is 0 Å². The van der Waals surface area contributed by atoms with Crippen molar-refractivity contribution in [2.45, 2.75) is 26.2 Å². The Morgan fingerprint density at radius 2 is 2.00 bits per heavy atom. The number of rotatable bonds is 7. The minimum absolute atomic E-state index is 1.08. The number of benzene rings is 1. The lowest BCUT2D eigenvalue weighted by Gasteiger charge is -2.00. The minimum Gasteiger partial charge on any atom is -0.317 e. The molecule has 3 heteroatoms. The fourth-order valence-electron chi connectivity index (χ4n) is 1.83. The van der Waals surface area contributed by atoms with Gasteiger partial charge in [0.25, 0.3) is 0 Å². The maximum Gasteiger partial charge on any atom is 0.0933 e. The molecule has 1 aromatic heterocycles. The molecule has 2 aromatic rings. The Morgan fingerprint density at radius 3 is 2.78 bits per heavy atom. The number of nitrogens with zero attached hydrogens (tertiary/aromatic N) is 1. The quantitative estimate of drug-likeness (QED) is 0.767. The third-order valence-corrected chi connectivity index (χ3v) is 3.70. The Balaban J connectivity index is 1.83. The van der Waals surface area contributed by atoms with Gasteiger partial charge in [0.05, 0.1) is 10.7 Å². The van der Waals surface area contributed by atoms with Crippen molar-refractivity contribution in [3.05, 3.63) is 40.7 Å². The van der Waals surface area contributed by atoms with Gasteiger partial charge in [-0.1, -0.05) is 37.3 Å². The van der Waals surface area contributed by atoms with Gasteiger partial charge in [-0.15, -0.1) is 11.3 Å². The van der Waals surface area contributed by atoms with E-state index in [1.807, 2.05) is 6.07 Å². The maximum absolute atomic E-state index is 4.69. The van der Waals surface area contributed by atoms with Gasteiger partial charge in [0, 0.05) is 17.4 Å². The molecule has 0 aliphatic rings. The van der Waals surface area contributed by atoms with Crippen LogP contribution in [0.1, 0.15) is 24.8 Å². The van der Waals surface area contributed by atoms with Crippen LogP contribution in [0.4, 0.5) is 0 Å². The van der Waals surface area contributed by atoms with Gasteiger partial charge >= 0.3 is 0 Å². The second-order valence-electron chi connectivity index (χ2n) is 4.35. The van der Waals surface area contributed by atoms with E-state index in [1.165, 1.54) is 23.4 Å². The number of aryl methyl sites for hydroxylation is 1. The van der Waals surface area contributed by atoms with E-state index in [-0.39, 0.29) is 0 Å². The number of thiazole rings is 1.